The summed E-state index contributed by atoms with van der Waals surface area (Å²) in [5, 5.41) is 4.37. The number of hydrogen-bond acceptors (Lipinski definition) is 7. The molecule has 31 heavy (non-hydrogen) atoms. The molecule has 0 radical (unpaired) electrons. The van der Waals surface area contributed by atoms with Gasteiger partial charge in [0.15, 0.2) is 0 Å². The van der Waals surface area contributed by atoms with Crippen molar-refractivity contribution in [2.75, 3.05) is 50.6 Å². The molecule has 2 aromatic heterocycles. The zero-order chi connectivity index (χ0) is 21.2. The maximum Gasteiger partial charge on any atom is 0.227 e. The van der Waals surface area contributed by atoms with Gasteiger partial charge in [-0.25, -0.2) is 9.97 Å². The number of hydrogen-bond donors (Lipinski definition) is 1. The Morgan fingerprint density at radius 2 is 1.84 bits per heavy atom. The van der Waals surface area contributed by atoms with Gasteiger partial charge in [-0.3, -0.25) is 4.98 Å². The number of aromatic nitrogens is 3. The van der Waals surface area contributed by atoms with E-state index in [1.54, 1.807) is 7.11 Å². The van der Waals surface area contributed by atoms with E-state index in [1.807, 2.05) is 18.6 Å². The van der Waals surface area contributed by atoms with Crippen LogP contribution < -0.4 is 15.0 Å². The minimum Gasteiger partial charge on any atom is -0.494 e. The van der Waals surface area contributed by atoms with E-state index in [-0.39, 0.29) is 0 Å². The van der Waals surface area contributed by atoms with Crippen molar-refractivity contribution in [1.82, 2.24) is 19.9 Å². The molecule has 1 aliphatic heterocycles. The number of nitrogens with zero attached hydrogens (tertiary/aromatic N) is 5. The van der Waals surface area contributed by atoms with Gasteiger partial charge < -0.3 is 19.9 Å². The highest BCUT2D eigenvalue weighted by Crippen LogP contribution is 2.37. The number of pyridine rings is 1. The van der Waals surface area contributed by atoms with Crippen LogP contribution >= 0.6 is 0 Å². The molecule has 7 nitrogen and oxygen atoms in total. The van der Waals surface area contributed by atoms with Crippen LogP contribution in [0.1, 0.15) is 37.2 Å². The van der Waals surface area contributed by atoms with Crippen LogP contribution in [0.4, 0.5) is 17.3 Å². The van der Waals surface area contributed by atoms with Gasteiger partial charge in [0.05, 0.1) is 18.3 Å². The van der Waals surface area contributed by atoms with E-state index >= 15 is 0 Å². The Morgan fingerprint density at radius 3 is 2.61 bits per heavy atom. The molecular formula is C24H30N6O. The molecule has 3 heterocycles. The molecule has 1 aliphatic carbocycles. The molecule has 7 heteroatoms. The lowest BCUT2D eigenvalue weighted by Gasteiger charge is -2.34. The molecular weight excluding hydrogens is 388 g/mol. The van der Waals surface area contributed by atoms with Crippen molar-refractivity contribution in [2.45, 2.75) is 31.6 Å². The van der Waals surface area contributed by atoms with Gasteiger partial charge in [0.25, 0.3) is 0 Å². The number of benzene rings is 1. The predicted molar refractivity (Wildman–Crippen MR) is 125 cm³/mol. The normalized spacial score (nSPS) is 17.9. The molecule has 162 valence electrons. The standard InChI is InChI=1S/C24H30N6O/c1-29-9-11-30(12-10-29)19-7-8-21(22(13-19)31-2)27-24-26-15-18-14-25-16-20(23(18)28-24)17-5-3-4-6-17/h7-8,13-17H,3-6,9-12H2,1-2H3,(H,26,27,28). The Labute approximate surface area is 183 Å². The summed E-state index contributed by atoms with van der Waals surface area (Å²) in [5.74, 6) is 1.94. The summed E-state index contributed by atoms with van der Waals surface area (Å²) in [5.41, 5.74) is 4.31. The third kappa shape index (κ3) is 4.14. The smallest absolute Gasteiger partial charge is 0.227 e. The lowest BCUT2D eigenvalue weighted by Crippen LogP contribution is -2.44. The van der Waals surface area contributed by atoms with Gasteiger partial charge in [0.2, 0.25) is 5.95 Å². The first-order valence-corrected chi connectivity index (χ1v) is 11.2. The summed E-state index contributed by atoms with van der Waals surface area (Å²) in [6.07, 6.45) is 10.7. The third-order valence-corrected chi connectivity index (χ3v) is 6.61. The van der Waals surface area contributed by atoms with Crippen LogP contribution in [0.15, 0.2) is 36.8 Å². The first-order chi connectivity index (χ1) is 15.2. The van der Waals surface area contributed by atoms with Crippen LogP contribution in [0.5, 0.6) is 5.75 Å². The van der Waals surface area contributed by atoms with E-state index in [0.717, 1.165) is 48.5 Å². The van der Waals surface area contributed by atoms with Crippen LogP contribution in [0.2, 0.25) is 0 Å². The summed E-state index contributed by atoms with van der Waals surface area (Å²) >= 11 is 0. The van der Waals surface area contributed by atoms with Crippen LogP contribution in [0.3, 0.4) is 0 Å². The number of rotatable bonds is 5. The Balaban J connectivity index is 1.42. The van der Waals surface area contributed by atoms with E-state index in [9.17, 15) is 0 Å². The van der Waals surface area contributed by atoms with Gasteiger partial charge in [-0.1, -0.05) is 12.8 Å². The topological polar surface area (TPSA) is 66.4 Å². The minimum atomic E-state index is 0.552. The molecule has 1 saturated heterocycles. The Kier molecular flexibility index (Phi) is 5.59. The van der Waals surface area contributed by atoms with Crippen molar-refractivity contribution in [1.29, 1.82) is 0 Å². The fraction of sp³-hybridized carbons (Fsp3) is 0.458. The van der Waals surface area contributed by atoms with Gasteiger partial charge in [-0.15, -0.1) is 0 Å². The molecule has 0 spiro atoms. The van der Waals surface area contributed by atoms with Gasteiger partial charge in [0, 0.05) is 61.9 Å². The van der Waals surface area contributed by atoms with E-state index in [4.69, 9.17) is 9.72 Å². The molecule has 2 fully saturated rings. The van der Waals surface area contributed by atoms with E-state index in [0.29, 0.717) is 11.9 Å². The van der Waals surface area contributed by atoms with Crippen molar-refractivity contribution < 1.29 is 4.74 Å². The largest absolute Gasteiger partial charge is 0.494 e. The number of methoxy groups -OCH3 is 1. The van der Waals surface area contributed by atoms with Crippen molar-refractivity contribution in [3.05, 3.63) is 42.4 Å². The van der Waals surface area contributed by atoms with Crippen LogP contribution in [0, 0.1) is 0 Å². The third-order valence-electron chi connectivity index (χ3n) is 6.61. The summed E-state index contributed by atoms with van der Waals surface area (Å²) in [6, 6.07) is 6.30. The highest BCUT2D eigenvalue weighted by molar-refractivity contribution is 5.82. The van der Waals surface area contributed by atoms with Crippen LogP contribution in [-0.2, 0) is 0 Å². The number of nitrogens with one attached hydrogen (secondary N) is 1. The molecule has 2 aliphatic rings. The SMILES string of the molecule is COc1cc(N2CCN(C)CC2)ccc1Nc1ncc2cncc(C3CCCC3)c2n1. The zero-order valence-corrected chi connectivity index (χ0v) is 18.3. The molecule has 0 atom stereocenters. The number of anilines is 3. The van der Waals surface area contributed by atoms with Crippen molar-refractivity contribution in [3.8, 4) is 5.75 Å². The molecule has 0 bridgehead atoms. The van der Waals surface area contributed by atoms with Crippen LogP contribution in [0.25, 0.3) is 10.9 Å². The van der Waals surface area contributed by atoms with Crippen molar-refractivity contribution >= 4 is 28.2 Å². The fourth-order valence-corrected chi connectivity index (χ4v) is 4.74. The second-order valence-electron chi connectivity index (χ2n) is 8.64. The van der Waals surface area contributed by atoms with E-state index in [2.05, 4.69) is 50.3 Å². The maximum atomic E-state index is 5.70. The highest BCUT2D eigenvalue weighted by atomic mass is 16.5. The number of piperazine rings is 1. The first-order valence-electron chi connectivity index (χ1n) is 11.2. The lowest BCUT2D eigenvalue weighted by atomic mass is 9.97. The number of likely N-dealkylation sites (N-methyl/N-ethyl adjacent to an activating group) is 1. The molecule has 0 amide bonds. The van der Waals surface area contributed by atoms with E-state index in [1.165, 1.54) is 36.9 Å². The van der Waals surface area contributed by atoms with Gasteiger partial charge in [0.1, 0.15) is 5.75 Å². The summed E-state index contributed by atoms with van der Waals surface area (Å²) in [4.78, 5) is 18.6. The van der Waals surface area contributed by atoms with Gasteiger partial charge in [-0.2, -0.15) is 0 Å². The average molecular weight is 419 g/mol. The van der Waals surface area contributed by atoms with Gasteiger partial charge >= 0.3 is 0 Å². The molecule has 3 aromatic rings. The second kappa shape index (κ2) is 8.67. The Bertz CT molecular complexity index is 1060. The van der Waals surface area contributed by atoms with Crippen molar-refractivity contribution in [2.24, 2.45) is 0 Å². The first kappa shape index (κ1) is 20.0. The Hall–Kier alpha value is -2.93. The minimum absolute atomic E-state index is 0.552. The second-order valence-corrected chi connectivity index (χ2v) is 8.64. The van der Waals surface area contributed by atoms with Crippen LogP contribution in [-0.4, -0.2) is 60.2 Å². The quantitative estimate of drug-likeness (QED) is 0.666. The number of ether oxygens (including phenoxy) is 1. The number of fused-ring (bicyclic) bond motifs is 1. The maximum absolute atomic E-state index is 5.70. The molecule has 5 rings (SSSR count). The summed E-state index contributed by atoms with van der Waals surface area (Å²) in [6.45, 7) is 4.20. The molecule has 1 N–H and O–H groups in total. The van der Waals surface area contributed by atoms with Crippen molar-refractivity contribution in [3.63, 3.8) is 0 Å². The van der Waals surface area contributed by atoms with Gasteiger partial charge in [-0.05, 0) is 43.5 Å². The molecule has 0 unspecified atom stereocenters. The Morgan fingerprint density at radius 1 is 1.03 bits per heavy atom. The zero-order valence-electron chi connectivity index (χ0n) is 18.3. The highest BCUT2D eigenvalue weighted by Gasteiger charge is 2.21. The summed E-state index contributed by atoms with van der Waals surface area (Å²) in [7, 11) is 3.88. The molecule has 1 saturated carbocycles. The van der Waals surface area contributed by atoms with E-state index < -0.39 is 0 Å². The lowest BCUT2D eigenvalue weighted by molar-refractivity contribution is 0.312. The monoisotopic (exact) mass is 418 g/mol. The average Bonchev–Trinajstić information content (AvgIpc) is 3.34. The summed E-state index contributed by atoms with van der Waals surface area (Å²) < 4.78 is 5.70. The predicted octanol–water partition coefficient (Wildman–Crippen LogP) is 4.19. The molecule has 1 aromatic carbocycles. The fourth-order valence-electron chi connectivity index (χ4n) is 4.74.